The first-order valence-corrected chi connectivity index (χ1v) is 7.93. The van der Waals surface area contributed by atoms with Gasteiger partial charge in [0.2, 0.25) is 5.28 Å². The topological polar surface area (TPSA) is 46.8 Å². The van der Waals surface area contributed by atoms with Crippen LogP contribution in [0, 0.1) is 0 Å². The lowest BCUT2D eigenvalue weighted by Gasteiger charge is -2.23. The maximum absolute atomic E-state index is 12.7. The number of rotatable bonds is 4. The lowest BCUT2D eigenvalue weighted by atomic mass is 10.1. The average Bonchev–Trinajstić information content (AvgIpc) is 2.93. The molecule has 0 aliphatic carbocycles. The molecule has 0 fully saturated rings. The van der Waals surface area contributed by atoms with E-state index < -0.39 is 11.7 Å². The molecule has 0 bridgehead atoms. The molecule has 0 unspecified atom stereocenters. The molecule has 0 aliphatic rings. The highest BCUT2D eigenvalue weighted by molar-refractivity contribution is 6.28. The predicted octanol–water partition coefficient (Wildman–Crippen LogP) is 4.06. The Labute approximate surface area is 147 Å². The zero-order valence-corrected chi connectivity index (χ0v) is 14.3. The summed E-state index contributed by atoms with van der Waals surface area (Å²) >= 11 is 6.01. The van der Waals surface area contributed by atoms with Gasteiger partial charge in [-0.3, -0.25) is 4.68 Å². The second kappa shape index (κ2) is 6.51. The van der Waals surface area contributed by atoms with E-state index in [1.54, 1.807) is 17.9 Å². The Kier molecular flexibility index (Phi) is 4.55. The monoisotopic (exact) mass is 369 g/mol. The molecule has 3 aromatic rings. The number of halogens is 4. The molecule has 1 aromatic carbocycles. The smallest absolute Gasteiger partial charge is 0.352 e. The van der Waals surface area contributed by atoms with E-state index in [4.69, 9.17) is 11.6 Å². The molecule has 5 nitrogen and oxygen atoms in total. The van der Waals surface area contributed by atoms with Crippen LogP contribution in [0.5, 0.6) is 0 Å². The van der Waals surface area contributed by atoms with Crippen LogP contribution in [0.3, 0.4) is 0 Å². The normalized spacial score (nSPS) is 11.9. The van der Waals surface area contributed by atoms with Gasteiger partial charge < -0.3 is 4.90 Å². The SMILES string of the molecule is CCN(Cc1ccc(C(F)(F)F)cc1)c1nc(Cl)nc2c1cnn2C. The molecule has 0 saturated heterocycles. The summed E-state index contributed by atoms with van der Waals surface area (Å²) < 4.78 is 39.6. The third-order valence-corrected chi connectivity index (χ3v) is 4.05. The number of aromatic nitrogens is 4. The molecule has 0 amide bonds. The van der Waals surface area contributed by atoms with E-state index >= 15 is 0 Å². The number of aryl methyl sites for hydroxylation is 1. The molecule has 0 N–H and O–H groups in total. The third-order valence-electron chi connectivity index (χ3n) is 3.88. The van der Waals surface area contributed by atoms with Gasteiger partial charge in [0.15, 0.2) is 5.65 Å². The Balaban J connectivity index is 1.93. The summed E-state index contributed by atoms with van der Waals surface area (Å²) in [6.07, 6.45) is -2.69. The molecule has 3 rings (SSSR count). The van der Waals surface area contributed by atoms with Crippen molar-refractivity contribution in [1.29, 1.82) is 0 Å². The van der Waals surface area contributed by atoms with Gasteiger partial charge in [-0.05, 0) is 36.2 Å². The summed E-state index contributed by atoms with van der Waals surface area (Å²) in [5.41, 5.74) is 0.668. The molecule has 9 heteroatoms. The van der Waals surface area contributed by atoms with Crippen LogP contribution in [0.25, 0.3) is 11.0 Å². The van der Waals surface area contributed by atoms with Crippen LogP contribution < -0.4 is 4.90 Å². The maximum Gasteiger partial charge on any atom is 0.416 e. The largest absolute Gasteiger partial charge is 0.416 e. The molecule has 0 spiro atoms. The van der Waals surface area contributed by atoms with Crippen molar-refractivity contribution in [3.63, 3.8) is 0 Å². The molecule has 0 radical (unpaired) electrons. The summed E-state index contributed by atoms with van der Waals surface area (Å²) in [6.45, 7) is 2.92. The van der Waals surface area contributed by atoms with E-state index in [0.717, 1.165) is 23.1 Å². The van der Waals surface area contributed by atoms with Crippen LogP contribution in [0.15, 0.2) is 30.5 Å². The van der Waals surface area contributed by atoms with Crippen LogP contribution in [0.2, 0.25) is 5.28 Å². The highest BCUT2D eigenvalue weighted by Gasteiger charge is 2.30. The molecular formula is C16H15ClF3N5. The van der Waals surface area contributed by atoms with Crippen molar-refractivity contribution in [2.45, 2.75) is 19.6 Å². The fraction of sp³-hybridized carbons (Fsp3) is 0.312. The third kappa shape index (κ3) is 3.53. The minimum absolute atomic E-state index is 0.0944. The van der Waals surface area contributed by atoms with Gasteiger partial charge in [-0.15, -0.1) is 0 Å². The molecule has 2 heterocycles. The van der Waals surface area contributed by atoms with Crippen molar-refractivity contribution in [1.82, 2.24) is 19.7 Å². The van der Waals surface area contributed by atoms with Crippen LogP contribution in [0.4, 0.5) is 19.0 Å². The van der Waals surface area contributed by atoms with Crippen molar-refractivity contribution in [2.24, 2.45) is 7.05 Å². The predicted molar refractivity (Wildman–Crippen MR) is 89.5 cm³/mol. The number of fused-ring (bicyclic) bond motifs is 1. The fourth-order valence-corrected chi connectivity index (χ4v) is 2.74. The minimum atomic E-state index is -4.34. The van der Waals surface area contributed by atoms with Gasteiger partial charge in [-0.1, -0.05) is 12.1 Å². The van der Waals surface area contributed by atoms with E-state index in [1.165, 1.54) is 12.1 Å². The zero-order chi connectivity index (χ0) is 18.2. The van der Waals surface area contributed by atoms with E-state index in [2.05, 4.69) is 15.1 Å². The molecular weight excluding hydrogens is 355 g/mol. The first kappa shape index (κ1) is 17.5. The molecule has 0 saturated carbocycles. The van der Waals surface area contributed by atoms with Crippen molar-refractivity contribution in [3.05, 3.63) is 46.9 Å². The van der Waals surface area contributed by atoms with Crippen molar-refractivity contribution < 1.29 is 13.2 Å². The van der Waals surface area contributed by atoms with Crippen molar-refractivity contribution in [2.75, 3.05) is 11.4 Å². The first-order chi connectivity index (χ1) is 11.8. The van der Waals surface area contributed by atoms with Gasteiger partial charge in [0.05, 0.1) is 17.1 Å². The fourth-order valence-electron chi connectivity index (χ4n) is 2.58. The van der Waals surface area contributed by atoms with Crippen LogP contribution >= 0.6 is 11.6 Å². The van der Waals surface area contributed by atoms with E-state index in [1.807, 2.05) is 11.8 Å². The summed E-state index contributed by atoms with van der Waals surface area (Å²) in [7, 11) is 1.75. The standard InChI is InChI=1S/C16H15ClF3N5/c1-3-25(9-10-4-6-11(7-5-10)16(18,19)20)14-12-8-21-24(2)13(12)22-15(17)23-14/h4-8H,3,9H2,1-2H3. The highest BCUT2D eigenvalue weighted by atomic mass is 35.5. The zero-order valence-electron chi connectivity index (χ0n) is 13.5. The first-order valence-electron chi connectivity index (χ1n) is 7.56. The lowest BCUT2D eigenvalue weighted by Crippen LogP contribution is -2.23. The highest BCUT2D eigenvalue weighted by Crippen LogP contribution is 2.30. The minimum Gasteiger partial charge on any atom is -0.352 e. The average molecular weight is 370 g/mol. The number of benzene rings is 1. The van der Waals surface area contributed by atoms with Gasteiger partial charge in [0.1, 0.15) is 5.82 Å². The summed E-state index contributed by atoms with van der Waals surface area (Å²) in [5, 5.41) is 4.99. The lowest BCUT2D eigenvalue weighted by molar-refractivity contribution is -0.137. The quantitative estimate of drug-likeness (QED) is 0.651. The Morgan fingerprint density at radius 2 is 1.84 bits per heavy atom. The summed E-state index contributed by atoms with van der Waals surface area (Å²) in [6, 6.07) is 5.09. The van der Waals surface area contributed by atoms with Crippen molar-refractivity contribution >= 4 is 28.5 Å². The number of alkyl halides is 3. The Morgan fingerprint density at radius 3 is 2.44 bits per heavy atom. The molecule has 0 atom stereocenters. The molecule has 0 aliphatic heterocycles. The molecule has 25 heavy (non-hydrogen) atoms. The van der Waals surface area contributed by atoms with Gasteiger partial charge in [0.25, 0.3) is 0 Å². The van der Waals surface area contributed by atoms with Gasteiger partial charge in [-0.2, -0.15) is 28.2 Å². The van der Waals surface area contributed by atoms with Gasteiger partial charge in [0, 0.05) is 20.1 Å². The number of hydrogen-bond acceptors (Lipinski definition) is 4. The number of hydrogen-bond donors (Lipinski definition) is 0. The van der Waals surface area contributed by atoms with Crippen molar-refractivity contribution in [3.8, 4) is 0 Å². The molecule has 2 aromatic heterocycles. The van der Waals surface area contributed by atoms with Crippen LogP contribution in [0.1, 0.15) is 18.1 Å². The Bertz CT molecular complexity index is 889. The maximum atomic E-state index is 12.7. The Morgan fingerprint density at radius 1 is 1.16 bits per heavy atom. The van der Waals surface area contributed by atoms with Gasteiger partial charge in [-0.25, -0.2) is 0 Å². The number of nitrogens with zero attached hydrogens (tertiary/aromatic N) is 5. The summed E-state index contributed by atoms with van der Waals surface area (Å²) in [4.78, 5) is 10.4. The van der Waals surface area contributed by atoms with Crippen LogP contribution in [-0.4, -0.2) is 26.3 Å². The second-order valence-electron chi connectivity index (χ2n) is 5.53. The molecule has 132 valence electrons. The number of anilines is 1. The Hall–Kier alpha value is -2.35. The second-order valence-corrected chi connectivity index (χ2v) is 5.87. The van der Waals surface area contributed by atoms with E-state index in [-0.39, 0.29) is 5.28 Å². The van der Waals surface area contributed by atoms with E-state index in [9.17, 15) is 13.2 Å². The van der Waals surface area contributed by atoms with E-state index in [0.29, 0.717) is 24.6 Å². The summed E-state index contributed by atoms with van der Waals surface area (Å²) in [5.74, 6) is 0.602. The van der Waals surface area contributed by atoms with Crippen LogP contribution in [-0.2, 0) is 19.8 Å². The van der Waals surface area contributed by atoms with Gasteiger partial charge >= 0.3 is 6.18 Å².